The molecular weight excluding hydrogens is 254 g/mol. The van der Waals surface area contributed by atoms with Crippen LogP contribution >= 0.6 is 0 Å². The fraction of sp³-hybridized carbons (Fsp3) is 0.455. The molecule has 0 aromatic heterocycles. The molecule has 0 saturated heterocycles. The van der Waals surface area contributed by atoms with Crippen molar-refractivity contribution in [1.82, 2.24) is 15.5 Å². The maximum Gasteiger partial charge on any atom is 0.328 e. The Morgan fingerprint density at radius 1 is 1.26 bits per heavy atom. The fourth-order valence-electron chi connectivity index (χ4n) is 1.08. The van der Waals surface area contributed by atoms with E-state index in [1.807, 2.05) is 5.32 Å². The zero-order valence-corrected chi connectivity index (χ0v) is 11.0. The highest BCUT2D eigenvalue weighted by atomic mass is 16.4. The molecular formula is C11H17N3O5. The van der Waals surface area contributed by atoms with Gasteiger partial charge in [0.15, 0.2) is 0 Å². The van der Waals surface area contributed by atoms with E-state index in [0.29, 0.717) is 18.7 Å². The number of carboxylic acid groups (broad SMARTS) is 1. The number of aliphatic carboxylic acids is 1. The zero-order chi connectivity index (χ0) is 15.0. The first-order chi connectivity index (χ1) is 8.77. The molecule has 0 aromatic rings. The van der Waals surface area contributed by atoms with E-state index in [1.165, 1.54) is 11.8 Å². The lowest BCUT2D eigenvalue weighted by Gasteiger charge is -2.20. The minimum absolute atomic E-state index is 0.300. The Kier molecular flexibility index (Phi) is 6.87. The Labute approximate surface area is 110 Å². The smallest absolute Gasteiger partial charge is 0.328 e. The summed E-state index contributed by atoms with van der Waals surface area (Å²) in [5.74, 6) is -2.49. The Bertz CT molecular complexity index is 405. The third-order valence-electron chi connectivity index (χ3n) is 2.18. The second-order valence-electron chi connectivity index (χ2n) is 3.71. The van der Waals surface area contributed by atoms with E-state index < -0.39 is 23.9 Å². The molecule has 1 unspecified atom stereocenters. The van der Waals surface area contributed by atoms with Crippen LogP contribution in [0.15, 0.2) is 12.2 Å². The quantitative estimate of drug-likeness (QED) is 0.573. The van der Waals surface area contributed by atoms with Gasteiger partial charge < -0.3 is 15.3 Å². The van der Waals surface area contributed by atoms with Crippen molar-refractivity contribution in [3.63, 3.8) is 0 Å². The number of amides is 4. The van der Waals surface area contributed by atoms with Crippen LogP contribution in [-0.2, 0) is 14.4 Å². The number of nitrogens with zero attached hydrogens (tertiary/aromatic N) is 1. The third kappa shape index (κ3) is 6.81. The lowest BCUT2D eigenvalue weighted by Crippen LogP contribution is -2.49. The molecule has 0 aromatic carbocycles. The van der Waals surface area contributed by atoms with Crippen LogP contribution < -0.4 is 10.6 Å². The number of rotatable bonds is 5. The molecule has 0 fully saturated rings. The number of carbonyl (C=O) groups is 4. The van der Waals surface area contributed by atoms with E-state index >= 15 is 0 Å². The summed E-state index contributed by atoms with van der Waals surface area (Å²) in [6.45, 7) is 3.75. The maximum absolute atomic E-state index is 11.6. The van der Waals surface area contributed by atoms with Crippen LogP contribution in [0, 0.1) is 0 Å². The van der Waals surface area contributed by atoms with Crippen molar-refractivity contribution in [3.8, 4) is 0 Å². The van der Waals surface area contributed by atoms with Crippen LogP contribution in [0.2, 0.25) is 0 Å². The topological polar surface area (TPSA) is 116 Å². The summed E-state index contributed by atoms with van der Waals surface area (Å²) in [6, 6.07) is -1.66. The molecule has 0 aliphatic carbocycles. The van der Waals surface area contributed by atoms with Crippen LogP contribution in [0.4, 0.5) is 4.79 Å². The van der Waals surface area contributed by atoms with Gasteiger partial charge in [-0.25, -0.2) is 9.59 Å². The molecule has 0 aliphatic rings. The monoisotopic (exact) mass is 271 g/mol. The molecule has 106 valence electrons. The van der Waals surface area contributed by atoms with Gasteiger partial charge >= 0.3 is 12.0 Å². The Hall–Kier alpha value is -2.38. The van der Waals surface area contributed by atoms with Crippen molar-refractivity contribution >= 4 is 23.8 Å². The summed E-state index contributed by atoms with van der Waals surface area (Å²) in [7, 11) is 1.58. The third-order valence-corrected chi connectivity index (χ3v) is 2.18. The summed E-state index contributed by atoms with van der Waals surface area (Å²) in [5.41, 5.74) is 0. The predicted molar refractivity (Wildman–Crippen MR) is 66.2 cm³/mol. The molecule has 3 N–H and O–H groups in total. The first-order valence-corrected chi connectivity index (χ1v) is 5.55. The van der Waals surface area contributed by atoms with Crippen molar-refractivity contribution in [2.75, 3.05) is 13.6 Å². The molecule has 4 amide bonds. The number of nitrogens with one attached hydrogen (secondary N) is 2. The second kappa shape index (κ2) is 7.85. The van der Waals surface area contributed by atoms with Gasteiger partial charge in [0.05, 0.1) is 0 Å². The molecule has 0 rings (SSSR count). The number of hydrogen-bond donors (Lipinski definition) is 3. The first kappa shape index (κ1) is 16.6. The Balaban J connectivity index is 4.28. The number of likely N-dealkylation sites (N-methyl/N-ethyl adjacent to an activating group) is 1. The molecule has 0 aliphatic heterocycles. The average Bonchev–Trinajstić information content (AvgIpc) is 2.34. The van der Waals surface area contributed by atoms with E-state index in [0.717, 1.165) is 0 Å². The fourth-order valence-corrected chi connectivity index (χ4v) is 1.08. The van der Waals surface area contributed by atoms with Gasteiger partial charge in [-0.1, -0.05) is 0 Å². The molecule has 0 spiro atoms. The number of urea groups is 1. The van der Waals surface area contributed by atoms with E-state index in [4.69, 9.17) is 5.11 Å². The van der Waals surface area contributed by atoms with Gasteiger partial charge in [-0.3, -0.25) is 14.9 Å². The molecule has 1 atom stereocenters. The van der Waals surface area contributed by atoms with Crippen LogP contribution in [0.1, 0.15) is 13.8 Å². The van der Waals surface area contributed by atoms with Gasteiger partial charge in [-0.2, -0.15) is 0 Å². The average molecular weight is 271 g/mol. The van der Waals surface area contributed by atoms with E-state index in [2.05, 4.69) is 5.32 Å². The summed E-state index contributed by atoms with van der Waals surface area (Å²) < 4.78 is 0. The van der Waals surface area contributed by atoms with Gasteiger partial charge in [-0.05, 0) is 13.8 Å². The predicted octanol–water partition coefficient (Wildman–Crippen LogP) is -0.680. The normalized spacial score (nSPS) is 11.7. The molecule has 8 nitrogen and oxygen atoms in total. The summed E-state index contributed by atoms with van der Waals surface area (Å²) in [6.07, 6.45) is 1.30. The van der Waals surface area contributed by atoms with E-state index in [9.17, 15) is 19.2 Å². The summed E-state index contributed by atoms with van der Waals surface area (Å²) >= 11 is 0. The summed E-state index contributed by atoms with van der Waals surface area (Å²) in [5, 5.41) is 12.4. The van der Waals surface area contributed by atoms with Crippen LogP contribution in [-0.4, -0.2) is 53.5 Å². The molecule has 0 bridgehead atoms. The van der Waals surface area contributed by atoms with Gasteiger partial charge in [0, 0.05) is 25.7 Å². The highest BCUT2D eigenvalue weighted by molar-refractivity contribution is 6.03. The van der Waals surface area contributed by atoms with Gasteiger partial charge in [0.2, 0.25) is 5.91 Å². The molecule has 8 heteroatoms. The van der Waals surface area contributed by atoms with Crippen LogP contribution in [0.25, 0.3) is 0 Å². The van der Waals surface area contributed by atoms with Gasteiger partial charge in [0.25, 0.3) is 5.91 Å². The van der Waals surface area contributed by atoms with Crippen molar-refractivity contribution < 1.29 is 24.3 Å². The lowest BCUT2D eigenvalue weighted by atomic mass is 10.3. The molecule has 0 saturated carbocycles. The van der Waals surface area contributed by atoms with Gasteiger partial charge in [0.1, 0.15) is 6.04 Å². The maximum atomic E-state index is 11.6. The van der Waals surface area contributed by atoms with Crippen molar-refractivity contribution in [2.45, 2.75) is 19.9 Å². The number of imide groups is 1. The van der Waals surface area contributed by atoms with E-state index in [-0.39, 0.29) is 5.91 Å². The SMILES string of the molecule is CCN(C)C(=O)C(C)NC(=O)NC(=O)/C=C/C(=O)O. The lowest BCUT2D eigenvalue weighted by molar-refractivity contribution is -0.132. The highest BCUT2D eigenvalue weighted by Gasteiger charge is 2.18. The summed E-state index contributed by atoms with van der Waals surface area (Å²) in [4.78, 5) is 45.6. The molecule has 0 heterocycles. The molecule has 19 heavy (non-hydrogen) atoms. The standard InChI is InChI=1S/C11H17N3O5/c1-4-14(3)10(18)7(2)12-11(19)13-8(15)5-6-9(16)17/h5-7H,4H2,1-3H3,(H,16,17)(H2,12,13,15,19)/b6-5+. The minimum Gasteiger partial charge on any atom is -0.478 e. The van der Waals surface area contributed by atoms with E-state index in [1.54, 1.807) is 14.0 Å². The first-order valence-electron chi connectivity index (χ1n) is 5.55. The van der Waals surface area contributed by atoms with Crippen molar-refractivity contribution in [1.29, 1.82) is 0 Å². The van der Waals surface area contributed by atoms with Crippen molar-refractivity contribution in [2.24, 2.45) is 0 Å². The zero-order valence-electron chi connectivity index (χ0n) is 11.0. The second-order valence-corrected chi connectivity index (χ2v) is 3.71. The number of carboxylic acids is 1. The Morgan fingerprint density at radius 2 is 1.84 bits per heavy atom. The largest absolute Gasteiger partial charge is 0.478 e. The number of carbonyl (C=O) groups excluding carboxylic acids is 3. The molecule has 0 radical (unpaired) electrons. The van der Waals surface area contributed by atoms with Gasteiger partial charge in [-0.15, -0.1) is 0 Å². The van der Waals surface area contributed by atoms with Crippen LogP contribution in [0.5, 0.6) is 0 Å². The van der Waals surface area contributed by atoms with Crippen molar-refractivity contribution in [3.05, 3.63) is 12.2 Å². The Morgan fingerprint density at radius 3 is 2.32 bits per heavy atom. The highest BCUT2D eigenvalue weighted by Crippen LogP contribution is 1.91. The minimum atomic E-state index is -1.30. The van der Waals surface area contributed by atoms with Crippen LogP contribution in [0.3, 0.4) is 0 Å². The number of hydrogen-bond acceptors (Lipinski definition) is 4.